The summed E-state index contributed by atoms with van der Waals surface area (Å²) < 4.78 is 10.9. The van der Waals surface area contributed by atoms with Crippen LogP contribution in [0.25, 0.3) is 0 Å². The van der Waals surface area contributed by atoms with Crippen molar-refractivity contribution < 1.29 is 28.7 Å². The van der Waals surface area contributed by atoms with Gasteiger partial charge in [-0.15, -0.1) is 0 Å². The smallest absolute Gasteiger partial charge is 0.262 e. The van der Waals surface area contributed by atoms with Gasteiger partial charge >= 0.3 is 0 Å². The highest BCUT2D eigenvalue weighted by Crippen LogP contribution is 2.28. The summed E-state index contributed by atoms with van der Waals surface area (Å²) in [5.74, 6) is -1.96. The number of hydrogen-bond donors (Lipinski definition) is 2. The van der Waals surface area contributed by atoms with E-state index in [1.54, 1.807) is 12.1 Å². The molecule has 0 aromatic heterocycles. The fraction of sp³-hybridized carbons (Fsp3) is 0.524. The van der Waals surface area contributed by atoms with Gasteiger partial charge in [-0.25, -0.2) is 0 Å². The molecule has 0 radical (unpaired) electrons. The molecule has 0 saturated carbocycles. The van der Waals surface area contributed by atoms with E-state index in [0.29, 0.717) is 44.0 Å². The maximum Gasteiger partial charge on any atom is 0.262 e. The maximum atomic E-state index is 12.8. The van der Waals surface area contributed by atoms with Crippen molar-refractivity contribution in [1.82, 2.24) is 15.5 Å². The predicted molar refractivity (Wildman–Crippen MR) is 107 cm³/mol. The third-order valence-electron chi connectivity index (χ3n) is 5.13. The first kappa shape index (κ1) is 22.1. The number of carbonyl (C=O) groups excluding carboxylic acids is 4. The fourth-order valence-corrected chi connectivity index (χ4v) is 3.55. The summed E-state index contributed by atoms with van der Waals surface area (Å²) in [7, 11) is 1.87. The third kappa shape index (κ3) is 5.10. The lowest BCUT2D eigenvalue weighted by Gasteiger charge is -2.27. The SMILES string of the molecule is CNCCOCCOCCCc1ccc2c(c1)C(=O)N(C1CCC(=O)NC1=O)C2=O. The van der Waals surface area contributed by atoms with Crippen LogP contribution in [-0.4, -0.2) is 74.6 Å². The van der Waals surface area contributed by atoms with Crippen LogP contribution in [0.2, 0.25) is 0 Å². The molecule has 0 spiro atoms. The summed E-state index contributed by atoms with van der Waals surface area (Å²) in [6.07, 6.45) is 1.73. The van der Waals surface area contributed by atoms with E-state index >= 15 is 0 Å². The van der Waals surface area contributed by atoms with Crippen molar-refractivity contribution in [3.63, 3.8) is 0 Å². The molecule has 162 valence electrons. The standard InChI is InChI=1S/C21H27N3O6/c1-22-8-10-30-12-11-29-9-2-3-14-4-5-15-16(13-14)21(28)24(20(15)27)17-6-7-18(25)23-19(17)26/h4-5,13,17,22H,2-3,6-12H2,1H3,(H,23,25,26). The second-order valence-corrected chi connectivity index (χ2v) is 7.26. The van der Waals surface area contributed by atoms with Crippen LogP contribution in [-0.2, 0) is 25.5 Å². The minimum absolute atomic E-state index is 0.107. The number of carbonyl (C=O) groups is 4. The summed E-state index contributed by atoms with van der Waals surface area (Å²) >= 11 is 0. The molecule has 0 aliphatic carbocycles. The molecule has 0 bridgehead atoms. The van der Waals surface area contributed by atoms with Crippen molar-refractivity contribution in [1.29, 1.82) is 0 Å². The predicted octanol–water partition coefficient (Wildman–Crippen LogP) is 0.273. The van der Waals surface area contributed by atoms with Crippen molar-refractivity contribution in [2.45, 2.75) is 31.7 Å². The molecular formula is C21H27N3O6. The average molecular weight is 417 g/mol. The van der Waals surface area contributed by atoms with Gasteiger partial charge < -0.3 is 14.8 Å². The molecule has 1 saturated heterocycles. The average Bonchev–Trinajstić information content (AvgIpc) is 2.97. The largest absolute Gasteiger partial charge is 0.379 e. The number of likely N-dealkylation sites (N-methyl/N-ethyl adjacent to an activating group) is 1. The highest BCUT2D eigenvalue weighted by molar-refractivity contribution is 6.23. The van der Waals surface area contributed by atoms with E-state index in [1.807, 2.05) is 13.1 Å². The van der Waals surface area contributed by atoms with E-state index in [9.17, 15) is 19.2 Å². The zero-order chi connectivity index (χ0) is 21.5. The van der Waals surface area contributed by atoms with Gasteiger partial charge in [0.25, 0.3) is 11.8 Å². The number of nitrogens with one attached hydrogen (secondary N) is 2. The van der Waals surface area contributed by atoms with E-state index in [1.165, 1.54) is 0 Å². The van der Waals surface area contributed by atoms with Crippen LogP contribution in [0.5, 0.6) is 0 Å². The Kier molecular flexibility index (Phi) is 7.67. The van der Waals surface area contributed by atoms with E-state index in [-0.39, 0.29) is 18.7 Å². The summed E-state index contributed by atoms with van der Waals surface area (Å²) in [6, 6.07) is 4.22. The van der Waals surface area contributed by atoms with Gasteiger partial charge in [0.05, 0.1) is 30.9 Å². The van der Waals surface area contributed by atoms with Gasteiger partial charge in [-0.2, -0.15) is 0 Å². The molecule has 4 amide bonds. The molecule has 1 aromatic carbocycles. The molecular weight excluding hydrogens is 390 g/mol. The van der Waals surface area contributed by atoms with Crippen LogP contribution < -0.4 is 10.6 Å². The van der Waals surface area contributed by atoms with E-state index in [0.717, 1.165) is 23.4 Å². The summed E-state index contributed by atoms with van der Waals surface area (Å²) in [5.41, 5.74) is 1.53. The first-order valence-corrected chi connectivity index (χ1v) is 10.2. The highest BCUT2D eigenvalue weighted by Gasteiger charge is 2.44. The zero-order valence-electron chi connectivity index (χ0n) is 17.1. The van der Waals surface area contributed by atoms with Gasteiger partial charge in [-0.1, -0.05) is 6.07 Å². The Morgan fingerprint density at radius 3 is 2.50 bits per heavy atom. The first-order valence-electron chi connectivity index (χ1n) is 10.2. The Bertz CT molecular complexity index is 825. The molecule has 9 nitrogen and oxygen atoms in total. The quantitative estimate of drug-likeness (QED) is 0.392. The number of nitrogens with zero attached hydrogens (tertiary/aromatic N) is 1. The summed E-state index contributed by atoms with van der Waals surface area (Å²) in [4.78, 5) is 49.9. The second kappa shape index (κ2) is 10.4. The Morgan fingerprint density at radius 2 is 1.77 bits per heavy atom. The molecule has 1 atom stereocenters. The van der Waals surface area contributed by atoms with Gasteiger partial charge in [0, 0.05) is 19.6 Å². The zero-order valence-corrected chi connectivity index (χ0v) is 17.1. The van der Waals surface area contributed by atoms with Crippen LogP contribution in [0.4, 0.5) is 0 Å². The topological polar surface area (TPSA) is 114 Å². The number of rotatable bonds is 11. The second-order valence-electron chi connectivity index (χ2n) is 7.26. The fourth-order valence-electron chi connectivity index (χ4n) is 3.55. The van der Waals surface area contributed by atoms with E-state index < -0.39 is 23.8 Å². The molecule has 2 heterocycles. The van der Waals surface area contributed by atoms with Gasteiger partial charge in [0.1, 0.15) is 6.04 Å². The van der Waals surface area contributed by atoms with Gasteiger partial charge in [0.2, 0.25) is 11.8 Å². The van der Waals surface area contributed by atoms with Crippen molar-refractivity contribution in [3.8, 4) is 0 Å². The number of hydrogen-bond acceptors (Lipinski definition) is 7. The molecule has 2 aliphatic heterocycles. The molecule has 2 N–H and O–H groups in total. The van der Waals surface area contributed by atoms with Crippen molar-refractivity contribution >= 4 is 23.6 Å². The molecule has 1 aromatic rings. The summed E-state index contributed by atoms with van der Waals surface area (Å²) in [6.45, 7) is 3.11. The lowest BCUT2D eigenvalue weighted by Crippen LogP contribution is -2.54. The summed E-state index contributed by atoms with van der Waals surface area (Å²) in [5, 5.41) is 5.19. The van der Waals surface area contributed by atoms with Gasteiger partial charge in [0.15, 0.2) is 0 Å². The minimum Gasteiger partial charge on any atom is -0.379 e. The van der Waals surface area contributed by atoms with Crippen molar-refractivity contribution in [2.24, 2.45) is 0 Å². The number of imide groups is 2. The van der Waals surface area contributed by atoms with Crippen LogP contribution >= 0.6 is 0 Å². The highest BCUT2D eigenvalue weighted by atomic mass is 16.5. The monoisotopic (exact) mass is 417 g/mol. The van der Waals surface area contributed by atoms with Gasteiger partial charge in [-0.05, 0) is 44.0 Å². The Balaban J connectivity index is 1.50. The van der Waals surface area contributed by atoms with E-state index in [4.69, 9.17) is 9.47 Å². The Labute approximate surface area is 175 Å². The lowest BCUT2D eigenvalue weighted by molar-refractivity contribution is -0.136. The number of fused-ring (bicyclic) bond motifs is 1. The van der Waals surface area contributed by atoms with Crippen LogP contribution in [0.1, 0.15) is 45.5 Å². The molecule has 1 fully saturated rings. The number of amides is 4. The molecule has 9 heteroatoms. The third-order valence-corrected chi connectivity index (χ3v) is 5.13. The van der Waals surface area contributed by atoms with Crippen LogP contribution in [0.3, 0.4) is 0 Å². The number of aryl methyl sites for hydroxylation is 1. The maximum absolute atomic E-state index is 12.8. The first-order chi connectivity index (χ1) is 14.5. The molecule has 1 unspecified atom stereocenters. The van der Waals surface area contributed by atoms with Crippen LogP contribution in [0.15, 0.2) is 18.2 Å². The van der Waals surface area contributed by atoms with Gasteiger partial charge in [-0.3, -0.25) is 29.4 Å². The number of ether oxygens (including phenoxy) is 2. The number of benzene rings is 1. The van der Waals surface area contributed by atoms with Crippen molar-refractivity contribution in [2.75, 3.05) is 40.0 Å². The Morgan fingerprint density at radius 1 is 1.03 bits per heavy atom. The normalized spacial score (nSPS) is 18.7. The molecule has 2 aliphatic rings. The molecule has 30 heavy (non-hydrogen) atoms. The van der Waals surface area contributed by atoms with Crippen molar-refractivity contribution in [3.05, 3.63) is 34.9 Å². The van der Waals surface area contributed by atoms with E-state index in [2.05, 4.69) is 10.6 Å². The minimum atomic E-state index is -0.942. The number of piperidine rings is 1. The Hall–Kier alpha value is -2.62. The molecule has 3 rings (SSSR count). The lowest BCUT2D eigenvalue weighted by atomic mass is 10.0. The van der Waals surface area contributed by atoms with Crippen LogP contribution in [0, 0.1) is 0 Å².